The Morgan fingerprint density at radius 2 is 0.923 bits per heavy atom. The molecule has 0 atom stereocenters. The Morgan fingerprint density at radius 1 is 0.327 bits per heavy atom. The average molecular weight is 666 g/mol. The van der Waals surface area contributed by atoms with Gasteiger partial charge in [0.25, 0.3) is 0 Å². The van der Waals surface area contributed by atoms with Gasteiger partial charge in [-0.15, -0.1) is 0 Å². The largest absolute Gasteiger partial charge is 0.456 e. The molecule has 5 nitrogen and oxygen atoms in total. The third-order valence-corrected chi connectivity index (χ3v) is 10.1. The second-order valence-electron chi connectivity index (χ2n) is 13.1. The molecule has 0 N–H and O–H groups in total. The summed E-state index contributed by atoms with van der Waals surface area (Å²) in [6, 6.07) is 56.2. The molecule has 52 heavy (non-hydrogen) atoms. The van der Waals surface area contributed by atoms with Gasteiger partial charge in [-0.3, -0.25) is 0 Å². The van der Waals surface area contributed by atoms with Gasteiger partial charge in [0, 0.05) is 43.8 Å². The van der Waals surface area contributed by atoms with Crippen molar-refractivity contribution in [2.24, 2.45) is 0 Å². The van der Waals surface area contributed by atoms with Crippen LogP contribution in [-0.2, 0) is 0 Å². The molecular weight excluding hydrogens is 639 g/mol. The third-order valence-electron chi connectivity index (χ3n) is 10.1. The second-order valence-corrected chi connectivity index (χ2v) is 13.1. The second kappa shape index (κ2) is 11.2. The van der Waals surface area contributed by atoms with Crippen molar-refractivity contribution >= 4 is 65.4 Å². The summed E-state index contributed by atoms with van der Waals surface area (Å²) in [4.78, 5) is 15.4. The van der Waals surface area contributed by atoms with Crippen LogP contribution in [0.1, 0.15) is 0 Å². The fourth-order valence-corrected chi connectivity index (χ4v) is 7.73. The molecule has 0 saturated carbocycles. The van der Waals surface area contributed by atoms with Crippen molar-refractivity contribution in [2.45, 2.75) is 0 Å². The molecule has 11 rings (SSSR count). The summed E-state index contributed by atoms with van der Waals surface area (Å²) in [6.07, 6.45) is 0. The number of rotatable bonds is 4. The highest BCUT2D eigenvalue weighted by Crippen LogP contribution is 2.44. The lowest BCUT2D eigenvalue weighted by molar-refractivity contribution is 0.668. The van der Waals surface area contributed by atoms with E-state index in [-0.39, 0.29) is 0 Å². The fraction of sp³-hybridized carbons (Fsp3) is 0. The molecule has 242 valence electrons. The van der Waals surface area contributed by atoms with E-state index in [1.54, 1.807) is 0 Å². The molecule has 0 aliphatic rings. The first-order valence-corrected chi connectivity index (χ1v) is 17.4. The summed E-state index contributed by atoms with van der Waals surface area (Å²) in [5.41, 5.74) is 7.99. The van der Waals surface area contributed by atoms with Crippen molar-refractivity contribution in [2.75, 3.05) is 0 Å². The van der Waals surface area contributed by atoms with Crippen LogP contribution in [0.25, 0.3) is 111 Å². The molecule has 8 aromatic carbocycles. The van der Waals surface area contributed by atoms with Gasteiger partial charge in [-0.05, 0) is 51.4 Å². The third kappa shape index (κ3) is 4.39. The highest BCUT2D eigenvalue weighted by molar-refractivity contribution is 6.20. The quantitative estimate of drug-likeness (QED) is 0.175. The number of furan rings is 2. The fourth-order valence-electron chi connectivity index (χ4n) is 7.73. The van der Waals surface area contributed by atoms with Crippen LogP contribution < -0.4 is 0 Å². The minimum absolute atomic E-state index is 0.576. The van der Waals surface area contributed by atoms with Gasteiger partial charge in [0.15, 0.2) is 17.5 Å². The van der Waals surface area contributed by atoms with Gasteiger partial charge in [0.1, 0.15) is 22.3 Å². The van der Waals surface area contributed by atoms with Crippen LogP contribution in [0.4, 0.5) is 0 Å². The van der Waals surface area contributed by atoms with E-state index < -0.39 is 0 Å². The van der Waals surface area contributed by atoms with Crippen molar-refractivity contribution < 1.29 is 8.83 Å². The smallest absolute Gasteiger partial charge is 0.164 e. The molecule has 0 aliphatic heterocycles. The molecule has 3 aromatic heterocycles. The Labute approximate surface area is 297 Å². The van der Waals surface area contributed by atoms with Gasteiger partial charge in [0.05, 0.1) is 0 Å². The average Bonchev–Trinajstić information content (AvgIpc) is 3.80. The molecule has 3 heterocycles. The molecule has 0 spiro atoms. The van der Waals surface area contributed by atoms with Gasteiger partial charge in [0.2, 0.25) is 0 Å². The lowest BCUT2D eigenvalue weighted by Gasteiger charge is -2.11. The standard InChI is InChI=1S/C47H27N3O2/c1-2-12-29(13-3-1)45-48-46(31-25-26-33-30(27-31)24-23-28-11-4-5-14-32(28)33)50-47(49-45)38-19-10-22-41-43(38)42-35(16-9-21-40(42)51-41)37-18-8-17-36-34-15-6-7-20-39(34)52-44(36)37/h1-27H. The van der Waals surface area contributed by atoms with Crippen molar-refractivity contribution in [3.05, 3.63) is 164 Å². The summed E-state index contributed by atoms with van der Waals surface area (Å²) in [7, 11) is 0. The van der Waals surface area contributed by atoms with Crippen molar-refractivity contribution in [3.63, 3.8) is 0 Å². The molecule has 0 aliphatic carbocycles. The molecule has 11 aromatic rings. The zero-order chi connectivity index (χ0) is 34.2. The normalized spacial score (nSPS) is 11.8. The van der Waals surface area contributed by atoms with E-state index in [2.05, 4.69) is 91.0 Å². The number of aromatic nitrogens is 3. The van der Waals surface area contributed by atoms with E-state index in [9.17, 15) is 0 Å². The first-order valence-electron chi connectivity index (χ1n) is 17.4. The highest BCUT2D eigenvalue weighted by atomic mass is 16.3. The van der Waals surface area contributed by atoms with Gasteiger partial charge < -0.3 is 8.83 Å². The first-order chi connectivity index (χ1) is 25.8. The number of benzene rings is 8. The Kier molecular flexibility index (Phi) is 6.18. The van der Waals surface area contributed by atoms with Crippen LogP contribution in [0.15, 0.2) is 173 Å². The maximum absolute atomic E-state index is 6.56. The van der Waals surface area contributed by atoms with Crippen molar-refractivity contribution in [1.29, 1.82) is 0 Å². The predicted molar refractivity (Wildman–Crippen MR) is 211 cm³/mol. The van der Waals surface area contributed by atoms with Crippen LogP contribution >= 0.6 is 0 Å². The SMILES string of the molecule is c1ccc(-c2nc(-c3ccc4c(ccc5ccccc54)c3)nc(-c3cccc4oc5cccc(-c6cccc7c6oc6ccccc67)c5c34)n2)cc1. The van der Waals surface area contributed by atoms with E-state index in [4.69, 9.17) is 23.8 Å². The highest BCUT2D eigenvalue weighted by Gasteiger charge is 2.22. The van der Waals surface area contributed by atoms with Crippen LogP contribution in [0.2, 0.25) is 0 Å². The number of para-hydroxylation sites is 2. The maximum atomic E-state index is 6.56. The van der Waals surface area contributed by atoms with Gasteiger partial charge in [-0.25, -0.2) is 15.0 Å². The summed E-state index contributed by atoms with van der Waals surface area (Å²) in [6.45, 7) is 0. The van der Waals surface area contributed by atoms with Crippen molar-refractivity contribution in [1.82, 2.24) is 15.0 Å². The molecular formula is C47H27N3O2. The van der Waals surface area contributed by atoms with E-state index >= 15 is 0 Å². The zero-order valence-corrected chi connectivity index (χ0v) is 27.7. The first kappa shape index (κ1) is 28.7. The van der Waals surface area contributed by atoms with Crippen molar-refractivity contribution in [3.8, 4) is 45.3 Å². The van der Waals surface area contributed by atoms with E-state index in [0.29, 0.717) is 17.5 Å². The summed E-state index contributed by atoms with van der Waals surface area (Å²) in [5.74, 6) is 1.79. The molecule has 0 saturated heterocycles. The van der Waals surface area contributed by atoms with Gasteiger partial charge in [-0.1, -0.05) is 140 Å². The van der Waals surface area contributed by atoms with Crippen LogP contribution in [-0.4, -0.2) is 15.0 Å². The minimum Gasteiger partial charge on any atom is -0.456 e. The maximum Gasteiger partial charge on any atom is 0.164 e. The van der Waals surface area contributed by atoms with E-state index in [0.717, 1.165) is 77.1 Å². The summed E-state index contributed by atoms with van der Waals surface area (Å²) in [5, 5.41) is 8.87. The monoisotopic (exact) mass is 665 g/mol. The number of hydrogen-bond donors (Lipinski definition) is 0. The van der Waals surface area contributed by atoms with Gasteiger partial charge in [-0.2, -0.15) is 0 Å². The molecule has 0 amide bonds. The van der Waals surface area contributed by atoms with Crippen LogP contribution in [0.3, 0.4) is 0 Å². The molecule has 0 radical (unpaired) electrons. The summed E-state index contributed by atoms with van der Waals surface area (Å²) < 4.78 is 13.1. The number of hydrogen-bond acceptors (Lipinski definition) is 5. The molecule has 0 bridgehead atoms. The van der Waals surface area contributed by atoms with E-state index in [1.165, 1.54) is 16.2 Å². The molecule has 0 fully saturated rings. The van der Waals surface area contributed by atoms with Crippen LogP contribution in [0, 0.1) is 0 Å². The Morgan fingerprint density at radius 3 is 1.79 bits per heavy atom. The predicted octanol–water partition coefficient (Wildman–Crippen LogP) is 12.6. The van der Waals surface area contributed by atoms with Gasteiger partial charge >= 0.3 is 0 Å². The lowest BCUT2D eigenvalue weighted by Crippen LogP contribution is -2.00. The number of fused-ring (bicyclic) bond motifs is 9. The number of nitrogens with zero attached hydrogens (tertiary/aromatic N) is 3. The summed E-state index contributed by atoms with van der Waals surface area (Å²) >= 11 is 0. The Balaban J connectivity index is 1.16. The zero-order valence-electron chi connectivity index (χ0n) is 27.7. The molecule has 0 unspecified atom stereocenters. The Hall–Kier alpha value is -7.11. The Bertz CT molecular complexity index is 3190. The lowest BCUT2D eigenvalue weighted by atomic mass is 9.95. The minimum atomic E-state index is 0.576. The topological polar surface area (TPSA) is 65.0 Å². The van der Waals surface area contributed by atoms with Crippen LogP contribution in [0.5, 0.6) is 0 Å². The van der Waals surface area contributed by atoms with E-state index in [1.807, 2.05) is 72.8 Å². The molecule has 5 heteroatoms.